The Bertz CT molecular complexity index is 318. The molecule has 2 unspecified atom stereocenters. The van der Waals surface area contributed by atoms with Crippen molar-refractivity contribution in [1.82, 2.24) is 0 Å². The number of hydrogen-bond donors (Lipinski definition) is 1. The maximum atomic E-state index is 11.2. The lowest BCUT2D eigenvalue weighted by molar-refractivity contribution is -0.177. The van der Waals surface area contributed by atoms with Crippen LogP contribution in [0.25, 0.3) is 0 Å². The molecule has 4 rings (SSSR count). The minimum absolute atomic E-state index is 0.119. The highest BCUT2D eigenvalue weighted by Gasteiger charge is 2.61. The van der Waals surface area contributed by atoms with Crippen LogP contribution in [0.3, 0.4) is 0 Å². The summed E-state index contributed by atoms with van der Waals surface area (Å²) < 4.78 is 0. The minimum Gasteiger partial charge on any atom is -0.481 e. The first-order valence-electron chi connectivity index (χ1n) is 6.65. The Labute approximate surface area is 97.4 Å². The van der Waals surface area contributed by atoms with Gasteiger partial charge in [-0.15, -0.1) is 0 Å². The second-order valence-electron chi connectivity index (χ2n) is 7.12. The molecular formula is C14H22O2. The van der Waals surface area contributed by atoms with Crippen LogP contribution >= 0.6 is 0 Å². The molecule has 0 aromatic heterocycles. The van der Waals surface area contributed by atoms with Gasteiger partial charge in [0.05, 0.1) is 6.42 Å². The summed E-state index contributed by atoms with van der Waals surface area (Å²) in [6.07, 6.45) is 6.88. The van der Waals surface area contributed by atoms with Crippen LogP contribution in [-0.2, 0) is 4.79 Å². The van der Waals surface area contributed by atoms with Gasteiger partial charge in [-0.2, -0.15) is 0 Å². The Kier molecular flexibility index (Phi) is 2.01. The van der Waals surface area contributed by atoms with E-state index in [9.17, 15) is 9.90 Å². The second-order valence-corrected chi connectivity index (χ2v) is 7.12. The minimum atomic E-state index is -0.588. The Balaban J connectivity index is 1.98. The summed E-state index contributed by atoms with van der Waals surface area (Å²) >= 11 is 0. The Morgan fingerprint density at radius 3 is 2.25 bits per heavy atom. The van der Waals surface area contributed by atoms with E-state index in [-0.39, 0.29) is 10.8 Å². The standard InChI is InChI=1S/C14H22O2/c1-13(2)11-4-9-3-10(5-11)7-14(13,6-9)8-12(15)16/h9-11H,3-8H2,1-2H3,(H,15,16). The fourth-order valence-corrected chi connectivity index (χ4v) is 5.30. The van der Waals surface area contributed by atoms with E-state index in [0.717, 1.165) is 17.8 Å². The summed E-state index contributed by atoms with van der Waals surface area (Å²) in [5.41, 5.74) is 0.367. The number of carbonyl (C=O) groups is 1. The molecule has 4 bridgehead atoms. The van der Waals surface area contributed by atoms with Gasteiger partial charge >= 0.3 is 5.97 Å². The zero-order valence-corrected chi connectivity index (χ0v) is 10.3. The maximum Gasteiger partial charge on any atom is 0.303 e. The third kappa shape index (κ3) is 1.22. The SMILES string of the molecule is CC1(C)C2CC3CC(C2)CC1(CC(=O)O)C3. The van der Waals surface area contributed by atoms with Gasteiger partial charge in [-0.1, -0.05) is 13.8 Å². The lowest BCUT2D eigenvalue weighted by atomic mass is 9.39. The topological polar surface area (TPSA) is 37.3 Å². The molecule has 0 aliphatic heterocycles. The normalized spacial score (nSPS) is 48.2. The summed E-state index contributed by atoms with van der Waals surface area (Å²) in [4.78, 5) is 11.2. The van der Waals surface area contributed by atoms with Crippen molar-refractivity contribution in [1.29, 1.82) is 0 Å². The van der Waals surface area contributed by atoms with Gasteiger partial charge < -0.3 is 5.11 Å². The van der Waals surface area contributed by atoms with Gasteiger partial charge in [0, 0.05) is 0 Å². The highest BCUT2D eigenvalue weighted by atomic mass is 16.4. The van der Waals surface area contributed by atoms with E-state index in [2.05, 4.69) is 13.8 Å². The van der Waals surface area contributed by atoms with Gasteiger partial charge in [0.2, 0.25) is 0 Å². The van der Waals surface area contributed by atoms with Crippen molar-refractivity contribution in [3.8, 4) is 0 Å². The van der Waals surface area contributed by atoms with Gasteiger partial charge in [0.1, 0.15) is 0 Å². The van der Waals surface area contributed by atoms with Crippen molar-refractivity contribution in [2.24, 2.45) is 28.6 Å². The van der Waals surface area contributed by atoms with E-state index in [1.54, 1.807) is 0 Å². The van der Waals surface area contributed by atoms with Crippen molar-refractivity contribution in [2.45, 2.75) is 52.4 Å². The van der Waals surface area contributed by atoms with Gasteiger partial charge in [0.25, 0.3) is 0 Å². The predicted molar refractivity (Wildman–Crippen MR) is 62.0 cm³/mol. The van der Waals surface area contributed by atoms with E-state index >= 15 is 0 Å². The molecule has 4 aliphatic carbocycles. The summed E-state index contributed by atoms with van der Waals surface area (Å²) in [5.74, 6) is 1.88. The van der Waals surface area contributed by atoms with Crippen molar-refractivity contribution in [2.75, 3.05) is 0 Å². The van der Waals surface area contributed by atoms with Crippen LogP contribution in [0.2, 0.25) is 0 Å². The Morgan fingerprint density at radius 2 is 1.75 bits per heavy atom. The molecule has 0 aromatic carbocycles. The smallest absolute Gasteiger partial charge is 0.303 e. The molecule has 4 fully saturated rings. The third-order valence-corrected chi connectivity index (χ3v) is 6.14. The van der Waals surface area contributed by atoms with Gasteiger partial charge in [-0.3, -0.25) is 4.79 Å². The summed E-state index contributed by atoms with van der Waals surface area (Å²) in [5, 5.41) is 9.21. The van der Waals surface area contributed by atoms with Crippen LogP contribution in [0, 0.1) is 28.6 Å². The highest BCUT2D eigenvalue weighted by molar-refractivity contribution is 5.68. The van der Waals surface area contributed by atoms with Crippen LogP contribution < -0.4 is 0 Å². The molecule has 2 heteroatoms. The fraction of sp³-hybridized carbons (Fsp3) is 0.929. The van der Waals surface area contributed by atoms with Crippen molar-refractivity contribution in [3.05, 3.63) is 0 Å². The average molecular weight is 222 g/mol. The van der Waals surface area contributed by atoms with E-state index in [0.29, 0.717) is 6.42 Å². The van der Waals surface area contributed by atoms with Crippen LogP contribution in [-0.4, -0.2) is 11.1 Å². The molecule has 2 nitrogen and oxygen atoms in total. The van der Waals surface area contributed by atoms with Gasteiger partial charge in [0.15, 0.2) is 0 Å². The molecule has 0 saturated heterocycles. The number of carboxylic acids is 1. The largest absolute Gasteiger partial charge is 0.481 e. The second kappa shape index (κ2) is 3.02. The van der Waals surface area contributed by atoms with Crippen LogP contribution in [0.4, 0.5) is 0 Å². The molecular weight excluding hydrogens is 200 g/mol. The molecule has 0 aromatic rings. The third-order valence-electron chi connectivity index (χ3n) is 6.14. The van der Waals surface area contributed by atoms with E-state index in [1.165, 1.54) is 32.1 Å². The van der Waals surface area contributed by atoms with E-state index in [1.807, 2.05) is 0 Å². The molecule has 16 heavy (non-hydrogen) atoms. The molecule has 4 saturated carbocycles. The lowest BCUT2D eigenvalue weighted by Crippen LogP contribution is -2.58. The Hall–Kier alpha value is -0.530. The molecule has 0 amide bonds. The maximum absolute atomic E-state index is 11.2. The first-order chi connectivity index (χ1) is 7.43. The van der Waals surface area contributed by atoms with Crippen LogP contribution in [0.1, 0.15) is 52.4 Å². The van der Waals surface area contributed by atoms with Crippen molar-refractivity contribution < 1.29 is 9.90 Å². The first-order valence-corrected chi connectivity index (χ1v) is 6.65. The zero-order chi connectivity index (χ0) is 11.6. The summed E-state index contributed by atoms with van der Waals surface area (Å²) in [7, 11) is 0. The summed E-state index contributed by atoms with van der Waals surface area (Å²) in [6.45, 7) is 4.66. The molecule has 0 heterocycles. The zero-order valence-electron chi connectivity index (χ0n) is 10.3. The molecule has 4 aliphatic rings. The summed E-state index contributed by atoms with van der Waals surface area (Å²) in [6, 6.07) is 0. The van der Waals surface area contributed by atoms with Gasteiger partial charge in [-0.25, -0.2) is 0 Å². The molecule has 0 spiro atoms. The van der Waals surface area contributed by atoms with Crippen molar-refractivity contribution >= 4 is 5.97 Å². The number of carboxylic acid groups (broad SMARTS) is 1. The fourth-order valence-electron chi connectivity index (χ4n) is 5.30. The molecule has 2 atom stereocenters. The average Bonchev–Trinajstić information content (AvgIpc) is 2.12. The quantitative estimate of drug-likeness (QED) is 0.778. The number of aliphatic carboxylic acids is 1. The predicted octanol–water partition coefficient (Wildman–Crippen LogP) is 3.31. The van der Waals surface area contributed by atoms with E-state index < -0.39 is 5.97 Å². The highest BCUT2D eigenvalue weighted by Crippen LogP contribution is 2.69. The number of rotatable bonds is 2. The molecule has 1 N–H and O–H groups in total. The van der Waals surface area contributed by atoms with Crippen LogP contribution in [0.15, 0.2) is 0 Å². The lowest BCUT2D eigenvalue weighted by Gasteiger charge is -2.65. The van der Waals surface area contributed by atoms with E-state index in [4.69, 9.17) is 0 Å². The number of hydrogen-bond acceptors (Lipinski definition) is 1. The molecule has 0 radical (unpaired) electrons. The Morgan fingerprint density at radius 1 is 1.19 bits per heavy atom. The van der Waals surface area contributed by atoms with Gasteiger partial charge in [-0.05, 0) is 60.7 Å². The first kappa shape index (κ1) is 10.6. The van der Waals surface area contributed by atoms with Crippen LogP contribution in [0.5, 0.6) is 0 Å². The molecule has 90 valence electrons. The monoisotopic (exact) mass is 222 g/mol. The van der Waals surface area contributed by atoms with Crippen molar-refractivity contribution in [3.63, 3.8) is 0 Å².